The van der Waals surface area contributed by atoms with E-state index in [1.807, 2.05) is 25.4 Å². The normalized spacial score (nSPS) is 16.9. The third-order valence-electron chi connectivity index (χ3n) is 4.47. The van der Waals surface area contributed by atoms with Gasteiger partial charge in [0.15, 0.2) is 0 Å². The van der Waals surface area contributed by atoms with Crippen LogP contribution >= 0.6 is 0 Å². The van der Waals surface area contributed by atoms with Gasteiger partial charge >= 0.3 is 0 Å². The van der Waals surface area contributed by atoms with Crippen LogP contribution in [0.5, 0.6) is 0 Å². The van der Waals surface area contributed by atoms with Gasteiger partial charge in [0.2, 0.25) is 5.95 Å². The monoisotopic (exact) mass is 314 g/mol. The summed E-state index contributed by atoms with van der Waals surface area (Å²) in [6.45, 7) is 8.60. The summed E-state index contributed by atoms with van der Waals surface area (Å²) in [5.74, 6) is 1.73. The van der Waals surface area contributed by atoms with Crippen molar-refractivity contribution in [1.29, 1.82) is 0 Å². The van der Waals surface area contributed by atoms with E-state index < -0.39 is 0 Å². The Morgan fingerprint density at radius 1 is 1.22 bits per heavy atom. The van der Waals surface area contributed by atoms with Crippen LogP contribution in [0.1, 0.15) is 38.6 Å². The average Bonchev–Trinajstić information content (AvgIpc) is 2.92. The van der Waals surface area contributed by atoms with Crippen LogP contribution in [0.4, 0.5) is 5.95 Å². The lowest BCUT2D eigenvalue weighted by Gasteiger charge is -2.29. The zero-order chi connectivity index (χ0) is 16.4. The molecule has 0 atom stereocenters. The van der Waals surface area contributed by atoms with Gasteiger partial charge in [-0.05, 0) is 59.8 Å². The Balaban J connectivity index is 1.80. The molecule has 6 nitrogen and oxygen atoms in total. The maximum atomic E-state index is 4.72. The van der Waals surface area contributed by atoms with Gasteiger partial charge in [-0.25, -0.2) is 15.0 Å². The lowest BCUT2D eigenvalue weighted by Crippen LogP contribution is -2.37. The Hall–Kier alpha value is -1.95. The number of nitrogens with zero attached hydrogens (tertiary/aromatic N) is 5. The van der Waals surface area contributed by atoms with Gasteiger partial charge in [0.05, 0.1) is 17.6 Å². The fourth-order valence-corrected chi connectivity index (χ4v) is 3.20. The zero-order valence-corrected chi connectivity index (χ0v) is 14.5. The van der Waals surface area contributed by atoms with Crippen molar-refractivity contribution < 1.29 is 0 Å². The van der Waals surface area contributed by atoms with Crippen molar-refractivity contribution in [2.75, 3.05) is 25.5 Å². The molecule has 6 heteroatoms. The molecule has 0 amide bonds. The number of nitrogens with one attached hydrogen (secondary N) is 1. The maximum Gasteiger partial charge on any atom is 0.223 e. The predicted octanol–water partition coefficient (Wildman–Crippen LogP) is 2.74. The Bertz CT molecular complexity index is 655. The molecule has 1 N–H and O–H groups in total. The molecule has 3 rings (SSSR count). The molecule has 2 aromatic heterocycles. The van der Waals surface area contributed by atoms with Gasteiger partial charge in [0, 0.05) is 18.3 Å². The number of hydrogen-bond donors (Lipinski definition) is 1. The number of piperidine rings is 1. The molecule has 1 aliphatic rings. The number of aromatic nitrogens is 4. The summed E-state index contributed by atoms with van der Waals surface area (Å²) >= 11 is 0. The molecular formula is C17H26N6. The highest BCUT2D eigenvalue weighted by Gasteiger charge is 2.18. The summed E-state index contributed by atoms with van der Waals surface area (Å²) in [7, 11) is 2.17. The van der Waals surface area contributed by atoms with Crippen LogP contribution in [0.2, 0.25) is 0 Å². The molecule has 0 spiro atoms. The molecule has 1 fully saturated rings. The molecule has 23 heavy (non-hydrogen) atoms. The largest absolute Gasteiger partial charge is 0.351 e. The Morgan fingerprint density at radius 3 is 2.65 bits per heavy atom. The van der Waals surface area contributed by atoms with Gasteiger partial charge in [-0.15, -0.1) is 0 Å². The van der Waals surface area contributed by atoms with Crippen molar-refractivity contribution in [1.82, 2.24) is 24.4 Å². The molecule has 3 heterocycles. The average molecular weight is 314 g/mol. The van der Waals surface area contributed by atoms with Gasteiger partial charge in [-0.2, -0.15) is 0 Å². The summed E-state index contributed by atoms with van der Waals surface area (Å²) in [6, 6.07) is 2.76. The second kappa shape index (κ2) is 6.66. The quantitative estimate of drug-likeness (QED) is 0.940. The minimum Gasteiger partial charge on any atom is -0.351 e. The SMILES string of the molecule is Cc1ncc(-c2ccnc(NC3CCN(C)CC3)n2)n1C(C)C. The number of imidazole rings is 1. The van der Waals surface area contributed by atoms with E-state index in [2.05, 4.69) is 45.6 Å². The van der Waals surface area contributed by atoms with Crippen LogP contribution in [-0.4, -0.2) is 50.6 Å². The fourth-order valence-electron chi connectivity index (χ4n) is 3.20. The minimum atomic E-state index is 0.354. The zero-order valence-electron chi connectivity index (χ0n) is 14.5. The smallest absolute Gasteiger partial charge is 0.223 e. The van der Waals surface area contributed by atoms with E-state index >= 15 is 0 Å². The summed E-state index contributed by atoms with van der Waals surface area (Å²) in [6.07, 6.45) is 5.99. The van der Waals surface area contributed by atoms with Gasteiger partial charge in [0.25, 0.3) is 0 Å². The standard InChI is InChI=1S/C17H26N6/c1-12(2)23-13(3)19-11-16(23)15-5-8-18-17(21-15)20-14-6-9-22(4)10-7-14/h5,8,11-12,14H,6-7,9-10H2,1-4H3,(H,18,20,21). The third-order valence-corrected chi connectivity index (χ3v) is 4.47. The first-order chi connectivity index (χ1) is 11.0. The van der Waals surface area contributed by atoms with E-state index in [4.69, 9.17) is 4.98 Å². The first-order valence-electron chi connectivity index (χ1n) is 8.37. The number of aryl methyl sites for hydroxylation is 1. The van der Waals surface area contributed by atoms with E-state index in [0.717, 1.165) is 43.1 Å². The summed E-state index contributed by atoms with van der Waals surface area (Å²) in [5.41, 5.74) is 1.97. The maximum absolute atomic E-state index is 4.72. The van der Waals surface area contributed by atoms with Gasteiger partial charge in [-0.1, -0.05) is 0 Å². The molecule has 124 valence electrons. The Kier molecular flexibility index (Phi) is 4.61. The molecule has 0 aromatic carbocycles. The van der Waals surface area contributed by atoms with E-state index in [0.29, 0.717) is 18.0 Å². The topological polar surface area (TPSA) is 58.9 Å². The summed E-state index contributed by atoms with van der Waals surface area (Å²) in [5, 5.41) is 3.49. The lowest BCUT2D eigenvalue weighted by atomic mass is 10.1. The van der Waals surface area contributed by atoms with E-state index in [1.54, 1.807) is 0 Å². The highest BCUT2D eigenvalue weighted by atomic mass is 15.2. The van der Waals surface area contributed by atoms with Crippen molar-refractivity contribution in [3.63, 3.8) is 0 Å². The summed E-state index contributed by atoms with van der Waals surface area (Å²) < 4.78 is 2.21. The van der Waals surface area contributed by atoms with Crippen LogP contribution in [0.25, 0.3) is 11.4 Å². The van der Waals surface area contributed by atoms with Crippen LogP contribution in [0, 0.1) is 6.92 Å². The van der Waals surface area contributed by atoms with E-state index in [1.165, 1.54) is 0 Å². The molecule has 0 radical (unpaired) electrons. The van der Waals surface area contributed by atoms with E-state index in [-0.39, 0.29) is 0 Å². The number of likely N-dealkylation sites (tertiary alicyclic amines) is 1. The van der Waals surface area contributed by atoms with Gasteiger partial charge in [0.1, 0.15) is 5.82 Å². The highest BCUT2D eigenvalue weighted by Crippen LogP contribution is 2.23. The molecule has 2 aromatic rings. The van der Waals surface area contributed by atoms with Crippen LogP contribution in [0.3, 0.4) is 0 Å². The van der Waals surface area contributed by atoms with Crippen molar-refractivity contribution >= 4 is 5.95 Å². The first kappa shape index (κ1) is 15.9. The van der Waals surface area contributed by atoms with Crippen molar-refractivity contribution in [2.24, 2.45) is 0 Å². The molecule has 1 saturated heterocycles. The third kappa shape index (κ3) is 3.52. The molecule has 0 bridgehead atoms. The number of hydrogen-bond acceptors (Lipinski definition) is 5. The van der Waals surface area contributed by atoms with Gasteiger partial charge in [-0.3, -0.25) is 0 Å². The summed E-state index contributed by atoms with van der Waals surface area (Å²) in [4.78, 5) is 15.9. The number of anilines is 1. The molecule has 0 aliphatic carbocycles. The minimum absolute atomic E-state index is 0.354. The Morgan fingerprint density at radius 2 is 1.96 bits per heavy atom. The van der Waals surface area contributed by atoms with Crippen molar-refractivity contribution in [2.45, 2.75) is 45.7 Å². The second-order valence-corrected chi connectivity index (χ2v) is 6.64. The Labute approximate surface area is 138 Å². The first-order valence-corrected chi connectivity index (χ1v) is 8.37. The predicted molar refractivity (Wildman–Crippen MR) is 92.5 cm³/mol. The van der Waals surface area contributed by atoms with Crippen molar-refractivity contribution in [3.8, 4) is 11.4 Å². The molecular weight excluding hydrogens is 288 g/mol. The molecule has 1 aliphatic heterocycles. The van der Waals surface area contributed by atoms with Crippen LogP contribution in [-0.2, 0) is 0 Å². The fraction of sp³-hybridized carbons (Fsp3) is 0.588. The van der Waals surface area contributed by atoms with Crippen LogP contribution in [0.15, 0.2) is 18.5 Å². The van der Waals surface area contributed by atoms with E-state index in [9.17, 15) is 0 Å². The second-order valence-electron chi connectivity index (χ2n) is 6.64. The molecule has 0 saturated carbocycles. The number of rotatable bonds is 4. The lowest BCUT2D eigenvalue weighted by molar-refractivity contribution is 0.263. The molecule has 0 unspecified atom stereocenters. The van der Waals surface area contributed by atoms with Crippen LogP contribution < -0.4 is 5.32 Å². The highest BCUT2D eigenvalue weighted by molar-refractivity contribution is 5.56. The van der Waals surface area contributed by atoms with Crippen molar-refractivity contribution in [3.05, 3.63) is 24.3 Å². The van der Waals surface area contributed by atoms with Gasteiger partial charge < -0.3 is 14.8 Å².